The van der Waals surface area contributed by atoms with Crippen molar-refractivity contribution in [2.45, 2.75) is 12.8 Å². The maximum Gasteiger partial charge on any atom is 0.321 e. The van der Waals surface area contributed by atoms with E-state index in [0.29, 0.717) is 5.41 Å². The molecule has 2 N–H and O–H groups in total. The highest BCUT2D eigenvalue weighted by Gasteiger charge is 2.41. The molecule has 0 saturated carbocycles. The third-order valence-corrected chi connectivity index (χ3v) is 5.09. The summed E-state index contributed by atoms with van der Waals surface area (Å²) < 4.78 is 0. The van der Waals surface area contributed by atoms with E-state index in [4.69, 9.17) is 0 Å². The number of carbonyl (C=O) groups is 1. The van der Waals surface area contributed by atoms with Crippen LogP contribution in [0.1, 0.15) is 12.8 Å². The summed E-state index contributed by atoms with van der Waals surface area (Å²) in [5, 5.41) is 8.77. The van der Waals surface area contributed by atoms with E-state index in [1.54, 1.807) is 0 Å². The summed E-state index contributed by atoms with van der Waals surface area (Å²) in [6.45, 7) is 3.86. The SMILES string of the molecule is O=C(Nc1cccc2ccccc12)N1CCC2(CCNC2)C1. The highest BCUT2D eigenvalue weighted by molar-refractivity contribution is 6.01. The minimum absolute atomic E-state index is 0.0279. The molecule has 2 heterocycles. The van der Waals surface area contributed by atoms with Crippen molar-refractivity contribution in [3.05, 3.63) is 42.5 Å². The Hall–Kier alpha value is -2.07. The van der Waals surface area contributed by atoms with Gasteiger partial charge in [-0.1, -0.05) is 36.4 Å². The van der Waals surface area contributed by atoms with E-state index in [1.165, 1.54) is 6.42 Å². The minimum atomic E-state index is 0.0279. The van der Waals surface area contributed by atoms with Crippen molar-refractivity contribution < 1.29 is 4.79 Å². The molecule has 4 nitrogen and oxygen atoms in total. The van der Waals surface area contributed by atoms with Crippen LogP contribution in [0.2, 0.25) is 0 Å². The molecule has 0 bridgehead atoms. The maximum absolute atomic E-state index is 12.6. The van der Waals surface area contributed by atoms with E-state index in [9.17, 15) is 4.79 Å². The predicted molar refractivity (Wildman–Crippen MR) is 89.1 cm³/mol. The van der Waals surface area contributed by atoms with Crippen LogP contribution in [0.25, 0.3) is 10.8 Å². The van der Waals surface area contributed by atoms with Crippen LogP contribution in [0.15, 0.2) is 42.5 Å². The summed E-state index contributed by atoms with van der Waals surface area (Å²) in [7, 11) is 0. The highest BCUT2D eigenvalue weighted by atomic mass is 16.2. The molecular weight excluding hydrogens is 274 g/mol. The second-order valence-corrected chi connectivity index (χ2v) is 6.56. The number of urea groups is 1. The van der Waals surface area contributed by atoms with Gasteiger partial charge in [-0.15, -0.1) is 0 Å². The Morgan fingerprint density at radius 1 is 1.14 bits per heavy atom. The zero-order valence-electron chi connectivity index (χ0n) is 12.6. The van der Waals surface area contributed by atoms with Crippen molar-refractivity contribution in [1.82, 2.24) is 10.2 Å². The lowest BCUT2D eigenvalue weighted by molar-refractivity contribution is 0.215. The van der Waals surface area contributed by atoms with Gasteiger partial charge in [0.1, 0.15) is 0 Å². The standard InChI is InChI=1S/C18H21N3O/c22-17(21-11-9-18(13-21)8-10-19-12-18)20-16-7-3-5-14-4-1-2-6-15(14)16/h1-7,19H,8-13H2,(H,20,22). The Morgan fingerprint density at radius 3 is 2.86 bits per heavy atom. The molecule has 4 rings (SSSR count). The number of fused-ring (bicyclic) bond motifs is 1. The molecule has 0 radical (unpaired) electrons. The number of amides is 2. The zero-order chi connectivity index (χ0) is 15.0. The van der Waals surface area contributed by atoms with E-state index < -0.39 is 0 Å². The number of likely N-dealkylation sites (tertiary alicyclic amines) is 1. The van der Waals surface area contributed by atoms with Gasteiger partial charge in [0.2, 0.25) is 0 Å². The maximum atomic E-state index is 12.6. The van der Waals surface area contributed by atoms with Gasteiger partial charge in [-0.3, -0.25) is 0 Å². The number of hydrogen-bond donors (Lipinski definition) is 2. The molecule has 1 unspecified atom stereocenters. The van der Waals surface area contributed by atoms with E-state index >= 15 is 0 Å². The first kappa shape index (κ1) is 13.6. The predicted octanol–water partition coefficient (Wildman–Crippen LogP) is 3.06. The summed E-state index contributed by atoms with van der Waals surface area (Å²) in [6.07, 6.45) is 2.30. The van der Waals surface area contributed by atoms with Crippen LogP contribution in [0, 0.1) is 5.41 Å². The lowest BCUT2D eigenvalue weighted by atomic mass is 9.87. The fourth-order valence-electron chi connectivity index (χ4n) is 3.78. The van der Waals surface area contributed by atoms with Crippen molar-refractivity contribution >= 4 is 22.5 Å². The number of carbonyl (C=O) groups excluding carboxylic acids is 1. The van der Waals surface area contributed by atoms with Gasteiger partial charge in [0.15, 0.2) is 0 Å². The Bertz CT molecular complexity index is 701. The van der Waals surface area contributed by atoms with Crippen LogP contribution in [-0.4, -0.2) is 37.1 Å². The molecule has 0 aliphatic carbocycles. The Labute approximate surface area is 130 Å². The largest absolute Gasteiger partial charge is 0.324 e. The molecule has 2 saturated heterocycles. The first-order valence-electron chi connectivity index (χ1n) is 8.00. The third-order valence-electron chi connectivity index (χ3n) is 5.09. The molecule has 1 atom stereocenters. The Balaban J connectivity index is 1.52. The molecule has 2 aromatic rings. The molecule has 4 heteroatoms. The summed E-state index contributed by atoms with van der Waals surface area (Å²) in [6, 6.07) is 14.2. The van der Waals surface area contributed by atoms with Crippen molar-refractivity contribution in [2.24, 2.45) is 5.41 Å². The van der Waals surface area contributed by atoms with Gasteiger partial charge in [-0.2, -0.15) is 0 Å². The number of nitrogens with one attached hydrogen (secondary N) is 2. The van der Waals surface area contributed by atoms with E-state index in [-0.39, 0.29) is 6.03 Å². The Morgan fingerprint density at radius 2 is 2.00 bits per heavy atom. The number of benzene rings is 2. The number of anilines is 1. The normalized spacial score (nSPS) is 24.3. The molecule has 2 aromatic carbocycles. The minimum Gasteiger partial charge on any atom is -0.324 e. The lowest BCUT2D eigenvalue weighted by Gasteiger charge is -2.23. The molecule has 2 aliphatic heterocycles. The lowest BCUT2D eigenvalue weighted by Crippen LogP contribution is -2.36. The first-order valence-corrected chi connectivity index (χ1v) is 8.00. The van der Waals surface area contributed by atoms with Gasteiger partial charge in [-0.05, 0) is 30.8 Å². The van der Waals surface area contributed by atoms with Crippen LogP contribution in [-0.2, 0) is 0 Å². The average molecular weight is 295 g/mol. The average Bonchev–Trinajstić information content (AvgIpc) is 3.18. The van der Waals surface area contributed by atoms with E-state index in [2.05, 4.69) is 28.8 Å². The highest BCUT2D eigenvalue weighted by Crippen LogP contribution is 2.36. The number of hydrogen-bond acceptors (Lipinski definition) is 2. The number of rotatable bonds is 1. The third kappa shape index (κ3) is 2.33. The molecule has 1 spiro atoms. The Kier molecular flexibility index (Phi) is 3.26. The van der Waals surface area contributed by atoms with Gasteiger partial charge in [-0.25, -0.2) is 4.79 Å². The summed E-state index contributed by atoms with van der Waals surface area (Å²) in [5.74, 6) is 0. The fourth-order valence-corrected chi connectivity index (χ4v) is 3.78. The van der Waals surface area contributed by atoms with Gasteiger partial charge in [0, 0.05) is 30.4 Å². The zero-order valence-corrected chi connectivity index (χ0v) is 12.6. The van der Waals surface area contributed by atoms with Gasteiger partial charge < -0.3 is 15.5 Å². The van der Waals surface area contributed by atoms with Crippen molar-refractivity contribution in [2.75, 3.05) is 31.5 Å². The molecule has 2 aliphatic rings. The van der Waals surface area contributed by atoms with E-state index in [0.717, 1.165) is 49.1 Å². The fraction of sp³-hybridized carbons (Fsp3) is 0.389. The van der Waals surface area contributed by atoms with Crippen LogP contribution >= 0.6 is 0 Å². The molecule has 2 fully saturated rings. The van der Waals surface area contributed by atoms with Crippen LogP contribution in [0.5, 0.6) is 0 Å². The quantitative estimate of drug-likeness (QED) is 0.849. The summed E-state index contributed by atoms with van der Waals surface area (Å²) >= 11 is 0. The van der Waals surface area contributed by atoms with Crippen molar-refractivity contribution in [1.29, 1.82) is 0 Å². The molecular formula is C18H21N3O. The second kappa shape index (κ2) is 5.29. The molecule has 2 amide bonds. The second-order valence-electron chi connectivity index (χ2n) is 6.56. The van der Waals surface area contributed by atoms with Gasteiger partial charge in [0.05, 0.1) is 5.69 Å². The summed E-state index contributed by atoms with van der Waals surface area (Å²) in [5.41, 5.74) is 1.21. The first-order chi connectivity index (χ1) is 10.8. The molecule has 114 valence electrons. The van der Waals surface area contributed by atoms with Crippen molar-refractivity contribution in [3.8, 4) is 0 Å². The topological polar surface area (TPSA) is 44.4 Å². The van der Waals surface area contributed by atoms with Gasteiger partial charge >= 0.3 is 6.03 Å². The van der Waals surface area contributed by atoms with Crippen LogP contribution < -0.4 is 10.6 Å². The monoisotopic (exact) mass is 295 g/mol. The van der Waals surface area contributed by atoms with E-state index in [1.807, 2.05) is 29.2 Å². The molecule has 22 heavy (non-hydrogen) atoms. The summed E-state index contributed by atoms with van der Waals surface area (Å²) in [4.78, 5) is 14.6. The van der Waals surface area contributed by atoms with Crippen LogP contribution in [0.4, 0.5) is 10.5 Å². The number of nitrogens with zero attached hydrogens (tertiary/aromatic N) is 1. The van der Waals surface area contributed by atoms with Crippen LogP contribution in [0.3, 0.4) is 0 Å². The van der Waals surface area contributed by atoms with Gasteiger partial charge in [0.25, 0.3) is 0 Å². The smallest absolute Gasteiger partial charge is 0.321 e. The molecule has 0 aromatic heterocycles. The van der Waals surface area contributed by atoms with Crippen molar-refractivity contribution in [3.63, 3.8) is 0 Å².